The van der Waals surface area contributed by atoms with Crippen LogP contribution < -0.4 is 0 Å². The largest absolute Gasteiger partial charge is 0.301 e. The van der Waals surface area contributed by atoms with Gasteiger partial charge in [-0.15, -0.1) is 0 Å². The van der Waals surface area contributed by atoms with Crippen LogP contribution in [0, 0.1) is 6.92 Å². The highest BCUT2D eigenvalue weighted by Crippen LogP contribution is 2.13. The van der Waals surface area contributed by atoms with Gasteiger partial charge in [-0.25, -0.2) is 9.19 Å². The van der Waals surface area contributed by atoms with E-state index in [0.717, 1.165) is 0 Å². The number of aryl methyl sites for hydroxylation is 1. The molecule has 0 fully saturated rings. The normalized spacial score (nSPS) is 13.0. The summed E-state index contributed by atoms with van der Waals surface area (Å²) in [6.07, 6.45) is 1.35. The van der Waals surface area contributed by atoms with Gasteiger partial charge in [0, 0.05) is 6.20 Å². The van der Waals surface area contributed by atoms with Gasteiger partial charge in [-0.3, -0.25) is 0 Å². The second-order valence-corrected chi connectivity index (χ2v) is 3.35. The van der Waals surface area contributed by atoms with Crippen LogP contribution in [0.3, 0.4) is 0 Å². The van der Waals surface area contributed by atoms with E-state index in [1.54, 1.807) is 13.0 Å². The van der Waals surface area contributed by atoms with Crippen LogP contribution in [0.5, 0.6) is 0 Å². The molecule has 1 heterocycles. The van der Waals surface area contributed by atoms with Gasteiger partial charge in [-0.2, -0.15) is 0 Å². The van der Waals surface area contributed by atoms with E-state index in [0.29, 0.717) is 10.6 Å². The zero-order chi connectivity index (χ0) is 8.43. The Bertz CT molecular complexity index is 303. The lowest BCUT2D eigenvalue weighted by atomic mass is 10.3. The van der Waals surface area contributed by atoms with Crippen LogP contribution in [-0.4, -0.2) is 13.7 Å². The summed E-state index contributed by atoms with van der Waals surface area (Å²) in [6.45, 7) is 1.68. The minimum absolute atomic E-state index is 0.161. The molecule has 0 amide bonds. The minimum atomic E-state index is -2.02. The van der Waals surface area contributed by atoms with Gasteiger partial charge in [0.2, 0.25) is 11.1 Å². The molecule has 0 aliphatic carbocycles. The number of pyridine rings is 1. The molecule has 0 saturated carbocycles. The number of halogens is 1. The van der Waals surface area contributed by atoms with Crippen molar-refractivity contribution < 1.29 is 8.76 Å². The topological polar surface area (TPSA) is 50.2 Å². The van der Waals surface area contributed by atoms with Crippen molar-refractivity contribution >= 4 is 22.7 Å². The van der Waals surface area contributed by atoms with Crippen LogP contribution in [0.25, 0.3) is 0 Å². The Morgan fingerprint density at radius 3 is 2.82 bits per heavy atom. The van der Waals surface area contributed by atoms with Crippen LogP contribution in [0.2, 0.25) is 5.02 Å². The van der Waals surface area contributed by atoms with E-state index in [-0.39, 0.29) is 5.03 Å². The summed E-state index contributed by atoms with van der Waals surface area (Å²) in [7, 11) is 0. The number of rotatable bonds is 1. The molecule has 11 heavy (non-hydrogen) atoms. The Morgan fingerprint density at radius 1 is 1.73 bits per heavy atom. The summed E-state index contributed by atoms with van der Waals surface area (Å²) in [5, 5.41) is 0.631. The molecule has 0 aromatic carbocycles. The molecule has 3 nitrogen and oxygen atoms in total. The molecule has 1 aromatic rings. The first-order valence-corrected chi connectivity index (χ1v) is 4.32. The zero-order valence-electron chi connectivity index (χ0n) is 5.74. The standard InChI is InChI=1S/C6H6ClNO2S/c1-4-2-5(7)3-8-6(4)11(9)10/h2-3H,1H3,(H,9,10). The first-order chi connectivity index (χ1) is 5.11. The molecular formula is C6H6ClNO2S. The van der Waals surface area contributed by atoms with Crippen LogP contribution in [0.15, 0.2) is 17.3 Å². The van der Waals surface area contributed by atoms with Crippen molar-refractivity contribution in [3.63, 3.8) is 0 Å². The number of hydrogen-bond acceptors (Lipinski definition) is 2. The van der Waals surface area contributed by atoms with Crippen LogP contribution in [-0.2, 0) is 11.1 Å². The van der Waals surface area contributed by atoms with Crippen LogP contribution in [0.1, 0.15) is 5.56 Å². The lowest BCUT2D eigenvalue weighted by Gasteiger charge is -1.98. The maximum Gasteiger partial charge on any atom is 0.205 e. The van der Waals surface area contributed by atoms with Crippen molar-refractivity contribution in [1.82, 2.24) is 4.98 Å². The maximum atomic E-state index is 10.5. The highest BCUT2D eigenvalue weighted by atomic mass is 35.5. The summed E-state index contributed by atoms with van der Waals surface area (Å²) in [5.41, 5.74) is 0.623. The Hall–Kier alpha value is -0.450. The van der Waals surface area contributed by atoms with Gasteiger partial charge in [0.25, 0.3) is 0 Å². The number of nitrogens with zero attached hydrogens (tertiary/aromatic N) is 1. The van der Waals surface area contributed by atoms with E-state index in [2.05, 4.69) is 4.98 Å². The molecule has 0 bridgehead atoms. The summed E-state index contributed by atoms with van der Waals surface area (Å²) >= 11 is 3.56. The minimum Gasteiger partial charge on any atom is -0.301 e. The van der Waals surface area contributed by atoms with E-state index in [1.807, 2.05) is 0 Å². The quantitative estimate of drug-likeness (QED) is 0.687. The molecule has 5 heteroatoms. The third-order valence-corrected chi connectivity index (χ3v) is 2.13. The predicted molar refractivity (Wildman–Crippen MR) is 43.0 cm³/mol. The SMILES string of the molecule is Cc1cc(Cl)cnc1S(=O)O. The molecule has 0 aliphatic rings. The van der Waals surface area contributed by atoms with Crippen LogP contribution >= 0.6 is 11.6 Å². The summed E-state index contributed by atoms with van der Waals surface area (Å²) in [5.74, 6) is 0. The summed E-state index contributed by atoms with van der Waals surface area (Å²) in [6, 6.07) is 1.60. The molecule has 1 atom stereocenters. The first-order valence-electron chi connectivity index (χ1n) is 2.84. The fourth-order valence-corrected chi connectivity index (χ4v) is 1.40. The van der Waals surface area contributed by atoms with Gasteiger partial charge in [-0.05, 0) is 18.6 Å². The monoisotopic (exact) mass is 191 g/mol. The Labute approximate surface area is 71.7 Å². The molecule has 1 rings (SSSR count). The van der Waals surface area contributed by atoms with Crippen molar-refractivity contribution in [2.45, 2.75) is 11.9 Å². The molecule has 1 aromatic heterocycles. The average molecular weight is 192 g/mol. The van der Waals surface area contributed by atoms with Crippen molar-refractivity contribution in [2.24, 2.45) is 0 Å². The Balaban J connectivity index is 3.20. The molecule has 60 valence electrons. The molecule has 0 aliphatic heterocycles. The molecule has 1 N–H and O–H groups in total. The lowest BCUT2D eigenvalue weighted by molar-refractivity contribution is 0.559. The lowest BCUT2D eigenvalue weighted by Crippen LogP contribution is -1.95. The van der Waals surface area contributed by atoms with Crippen molar-refractivity contribution in [2.75, 3.05) is 0 Å². The van der Waals surface area contributed by atoms with Gasteiger partial charge in [0.15, 0.2) is 5.03 Å². The summed E-state index contributed by atoms with van der Waals surface area (Å²) < 4.78 is 19.2. The van der Waals surface area contributed by atoms with Gasteiger partial charge >= 0.3 is 0 Å². The van der Waals surface area contributed by atoms with Gasteiger partial charge in [0.05, 0.1) is 5.02 Å². The molecular weight excluding hydrogens is 186 g/mol. The fraction of sp³-hybridized carbons (Fsp3) is 0.167. The van der Waals surface area contributed by atoms with E-state index in [1.165, 1.54) is 6.20 Å². The van der Waals surface area contributed by atoms with E-state index in [4.69, 9.17) is 16.2 Å². The van der Waals surface area contributed by atoms with Gasteiger partial charge in [-0.1, -0.05) is 11.6 Å². The second-order valence-electron chi connectivity index (χ2n) is 2.02. The second kappa shape index (κ2) is 3.30. The smallest absolute Gasteiger partial charge is 0.205 e. The number of hydrogen-bond donors (Lipinski definition) is 1. The summed E-state index contributed by atoms with van der Waals surface area (Å²) in [4.78, 5) is 3.70. The first kappa shape index (κ1) is 8.64. The molecule has 0 spiro atoms. The Kier molecular flexibility index (Phi) is 2.59. The van der Waals surface area contributed by atoms with Crippen LogP contribution in [0.4, 0.5) is 0 Å². The van der Waals surface area contributed by atoms with E-state index >= 15 is 0 Å². The third-order valence-electron chi connectivity index (χ3n) is 1.16. The molecule has 0 saturated heterocycles. The Morgan fingerprint density at radius 2 is 2.36 bits per heavy atom. The average Bonchev–Trinajstić information content (AvgIpc) is 1.85. The van der Waals surface area contributed by atoms with Crippen molar-refractivity contribution in [3.05, 3.63) is 22.8 Å². The van der Waals surface area contributed by atoms with Gasteiger partial charge < -0.3 is 4.55 Å². The van der Waals surface area contributed by atoms with Gasteiger partial charge in [0.1, 0.15) is 0 Å². The van der Waals surface area contributed by atoms with E-state index in [9.17, 15) is 4.21 Å². The maximum absolute atomic E-state index is 10.5. The fourth-order valence-electron chi connectivity index (χ4n) is 0.711. The third kappa shape index (κ3) is 1.99. The molecule has 0 radical (unpaired) electrons. The number of aromatic nitrogens is 1. The van der Waals surface area contributed by atoms with E-state index < -0.39 is 11.1 Å². The van der Waals surface area contributed by atoms with Crippen molar-refractivity contribution in [3.8, 4) is 0 Å². The highest BCUT2D eigenvalue weighted by Gasteiger charge is 2.05. The zero-order valence-corrected chi connectivity index (χ0v) is 7.32. The molecule has 1 unspecified atom stereocenters. The highest BCUT2D eigenvalue weighted by molar-refractivity contribution is 7.79. The predicted octanol–water partition coefficient (Wildman–Crippen LogP) is 1.62. The van der Waals surface area contributed by atoms with Crippen molar-refractivity contribution in [1.29, 1.82) is 0 Å².